The molecule has 0 radical (unpaired) electrons. The molecule has 196 valence electrons. The molecule has 1 heterocycles. The van der Waals surface area contributed by atoms with E-state index in [0.717, 1.165) is 27.8 Å². The summed E-state index contributed by atoms with van der Waals surface area (Å²) in [5.41, 5.74) is 3.31. The second-order valence-electron chi connectivity index (χ2n) is 9.59. The summed E-state index contributed by atoms with van der Waals surface area (Å²) in [4.78, 5) is 12.9. The zero-order valence-corrected chi connectivity index (χ0v) is 21.3. The molecule has 1 fully saturated rings. The van der Waals surface area contributed by atoms with Gasteiger partial charge >= 0.3 is 0 Å². The average molecular weight is 511 g/mol. The molecule has 2 atom stereocenters. The zero-order valence-electron chi connectivity index (χ0n) is 21.3. The van der Waals surface area contributed by atoms with E-state index in [1.165, 1.54) is 10.3 Å². The maximum absolute atomic E-state index is 11.6. The van der Waals surface area contributed by atoms with Gasteiger partial charge in [-0.05, 0) is 52.1 Å². The van der Waals surface area contributed by atoms with Crippen LogP contribution in [0, 0.1) is 0 Å². The van der Waals surface area contributed by atoms with E-state index >= 15 is 0 Å². The molecule has 0 aliphatic carbocycles. The Bertz CT molecular complexity index is 1320. The van der Waals surface area contributed by atoms with Gasteiger partial charge in [0.15, 0.2) is 0 Å². The maximum Gasteiger partial charge on any atom is 0.137 e. The molecule has 0 saturated carbocycles. The lowest BCUT2D eigenvalue weighted by molar-refractivity contribution is -0.268. The molecule has 1 saturated heterocycles. The van der Waals surface area contributed by atoms with Crippen molar-refractivity contribution in [3.05, 3.63) is 114 Å². The van der Waals surface area contributed by atoms with E-state index < -0.39 is 6.09 Å². The first kappa shape index (κ1) is 25.8. The van der Waals surface area contributed by atoms with Crippen molar-refractivity contribution in [2.75, 3.05) is 26.3 Å². The largest absolute Gasteiger partial charge is 0.530 e. The smallest absolute Gasteiger partial charge is 0.137 e. The van der Waals surface area contributed by atoms with Gasteiger partial charge in [0.1, 0.15) is 18.4 Å². The number of nitrogens with zero attached hydrogens (tertiary/aromatic N) is 1. The molecule has 38 heavy (non-hydrogen) atoms. The normalized spacial score (nSPS) is 17.4. The Morgan fingerprint density at radius 1 is 0.816 bits per heavy atom. The number of carbonyl (C=O) groups is 1. The highest BCUT2D eigenvalue weighted by Gasteiger charge is 2.31. The molecule has 4 aromatic rings. The monoisotopic (exact) mass is 510 g/mol. The first-order valence-electron chi connectivity index (χ1n) is 13.1. The van der Waals surface area contributed by atoms with E-state index in [-0.39, 0.29) is 18.6 Å². The Hall–Kier alpha value is -3.87. The Morgan fingerprint density at radius 2 is 1.58 bits per heavy atom. The molecule has 6 heteroatoms. The third-order valence-electron chi connectivity index (χ3n) is 7.01. The molecule has 6 nitrogen and oxygen atoms in total. The Balaban J connectivity index is 1.17. The van der Waals surface area contributed by atoms with Crippen LogP contribution in [0.5, 0.6) is 5.75 Å². The van der Waals surface area contributed by atoms with Crippen LogP contribution in [-0.2, 0) is 22.7 Å². The Morgan fingerprint density at radius 3 is 2.37 bits per heavy atom. The standard InChI is InChI=1S/C32H33NO5/c34-32(35)33-17-16-30(31(21-33)38-23-25-10-11-26-8-4-5-9-28(26)20-25)27-12-14-29(15-13-27)37-19-18-36-22-24-6-2-1-3-7-24/h1-15,20,30-31H,16-19,21-23H2,(H,34,35)/p-1. The fourth-order valence-corrected chi connectivity index (χ4v) is 4.96. The van der Waals surface area contributed by atoms with Crippen LogP contribution in [0.3, 0.4) is 0 Å². The van der Waals surface area contributed by atoms with Crippen molar-refractivity contribution in [3.63, 3.8) is 0 Å². The van der Waals surface area contributed by atoms with E-state index in [1.807, 2.05) is 66.7 Å². The summed E-state index contributed by atoms with van der Waals surface area (Å²) in [5, 5.41) is 13.9. The van der Waals surface area contributed by atoms with Gasteiger partial charge in [0.2, 0.25) is 0 Å². The third-order valence-corrected chi connectivity index (χ3v) is 7.01. The number of carbonyl (C=O) groups excluding carboxylic acids is 1. The SMILES string of the molecule is O=C([O-])N1CCC(c2ccc(OCCOCc3ccccc3)cc2)C(OCc2ccc3ccccc3c2)C1. The number of likely N-dealkylation sites (tertiary alicyclic amines) is 1. The molecule has 0 bridgehead atoms. The van der Waals surface area contributed by atoms with Gasteiger partial charge in [0, 0.05) is 19.0 Å². The van der Waals surface area contributed by atoms with Crippen molar-refractivity contribution < 1.29 is 24.1 Å². The summed E-state index contributed by atoms with van der Waals surface area (Å²) in [6.07, 6.45) is -0.753. The number of piperidine rings is 1. The number of carboxylic acid groups (broad SMARTS) is 1. The first-order valence-corrected chi connectivity index (χ1v) is 13.1. The zero-order chi connectivity index (χ0) is 26.2. The maximum atomic E-state index is 11.6. The summed E-state index contributed by atoms with van der Waals surface area (Å²) >= 11 is 0. The van der Waals surface area contributed by atoms with Gasteiger partial charge in [-0.15, -0.1) is 0 Å². The van der Waals surface area contributed by atoms with Crippen LogP contribution in [0.4, 0.5) is 4.79 Å². The molecule has 1 amide bonds. The lowest BCUT2D eigenvalue weighted by Crippen LogP contribution is -2.51. The highest BCUT2D eigenvalue weighted by atomic mass is 16.5. The van der Waals surface area contributed by atoms with Crippen LogP contribution in [0.25, 0.3) is 10.8 Å². The highest BCUT2D eigenvalue weighted by Crippen LogP contribution is 2.32. The van der Waals surface area contributed by atoms with Crippen molar-refractivity contribution in [1.82, 2.24) is 4.90 Å². The van der Waals surface area contributed by atoms with Crippen LogP contribution in [-0.4, -0.2) is 43.4 Å². The first-order chi connectivity index (χ1) is 18.7. The fraction of sp³-hybridized carbons (Fsp3) is 0.281. The van der Waals surface area contributed by atoms with Gasteiger partial charge < -0.3 is 29.0 Å². The van der Waals surface area contributed by atoms with Crippen molar-refractivity contribution in [3.8, 4) is 5.75 Å². The summed E-state index contributed by atoms with van der Waals surface area (Å²) < 4.78 is 17.9. The molecule has 0 N–H and O–H groups in total. The average Bonchev–Trinajstić information content (AvgIpc) is 2.96. The minimum atomic E-state index is -1.15. The van der Waals surface area contributed by atoms with E-state index in [9.17, 15) is 9.90 Å². The van der Waals surface area contributed by atoms with Crippen molar-refractivity contribution in [1.29, 1.82) is 0 Å². The molecule has 4 aromatic carbocycles. The van der Waals surface area contributed by atoms with Gasteiger partial charge in [-0.3, -0.25) is 0 Å². The molecule has 2 unspecified atom stereocenters. The molecular formula is C32H32NO5-. The van der Waals surface area contributed by atoms with Crippen LogP contribution < -0.4 is 9.84 Å². The van der Waals surface area contributed by atoms with Crippen LogP contribution >= 0.6 is 0 Å². The summed E-state index contributed by atoms with van der Waals surface area (Å²) in [6.45, 7) is 2.67. The van der Waals surface area contributed by atoms with E-state index in [1.54, 1.807) is 0 Å². The molecule has 0 aromatic heterocycles. The molecule has 0 spiro atoms. The van der Waals surface area contributed by atoms with Crippen molar-refractivity contribution in [2.45, 2.75) is 31.7 Å². The predicted octanol–water partition coefficient (Wildman–Crippen LogP) is 5.15. The summed E-state index contributed by atoms with van der Waals surface area (Å²) in [7, 11) is 0. The van der Waals surface area contributed by atoms with Gasteiger partial charge in [-0.25, -0.2) is 0 Å². The number of fused-ring (bicyclic) bond motifs is 1. The molecule has 1 aliphatic rings. The third kappa shape index (κ3) is 6.71. The minimum Gasteiger partial charge on any atom is -0.530 e. The summed E-state index contributed by atoms with van der Waals surface area (Å²) in [5.74, 6) is 0.854. The van der Waals surface area contributed by atoms with E-state index in [2.05, 4.69) is 30.3 Å². The van der Waals surface area contributed by atoms with E-state index in [4.69, 9.17) is 14.2 Å². The Kier molecular flexibility index (Phi) is 8.53. The van der Waals surface area contributed by atoms with Crippen LogP contribution in [0.15, 0.2) is 97.1 Å². The molecule has 1 aliphatic heterocycles. The van der Waals surface area contributed by atoms with Crippen LogP contribution in [0.1, 0.15) is 29.0 Å². The number of rotatable bonds is 10. The fourth-order valence-electron chi connectivity index (χ4n) is 4.96. The number of hydrogen-bond donors (Lipinski definition) is 0. The number of ether oxygens (including phenoxy) is 3. The Labute approximate surface area is 223 Å². The van der Waals surface area contributed by atoms with Gasteiger partial charge in [0.05, 0.1) is 25.9 Å². The topological polar surface area (TPSA) is 71.1 Å². The van der Waals surface area contributed by atoms with Crippen molar-refractivity contribution in [2.24, 2.45) is 0 Å². The van der Waals surface area contributed by atoms with Gasteiger partial charge in [0.25, 0.3) is 0 Å². The highest BCUT2D eigenvalue weighted by molar-refractivity contribution is 5.82. The second kappa shape index (κ2) is 12.6. The lowest BCUT2D eigenvalue weighted by Gasteiger charge is -2.40. The van der Waals surface area contributed by atoms with Gasteiger partial charge in [-0.1, -0.05) is 78.9 Å². The predicted molar refractivity (Wildman–Crippen MR) is 145 cm³/mol. The second-order valence-corrected chi connectivity index (χ2v) is 9.59. The molecule has 5 rings (SSSR count). The van der Waals surface area contributed by atoms with Crippen LogP contribution in [0.2, 0.25) is 0 Å². The minimum absolute atomic E-state index is 0.0781. The van der Waals surface area contributed by atoms with E-state index in [0.29, 0.717) is 39.4 Å². The molecular weight excluding hydrogens is 478 g/mol. The number of benzene rings is 4. The number of amides is 1. The lowest BCUT2D eigenvalue weighted by atomic mass is 9.87. The van der Waals surface area contributed by atoms with Crippen molar-refractivity contribution >= 4 is 16.9 Å². The van der Waals surface area contributed by atoms with Gasteiger partial charge in [-0.2, -0.15) is 0 Å². The quantitative estimate of drug-likeness (QED) is 0.276. The number of hydrogen-bond acceptors (Lipinski definition) is 5. The summed E-state index contributed by atoms with van der Waals surface area (Å²) in [6, 6.07) is 32.6.